The lowest BCUT2D eigenvalue weighted by atomic mass is 10.0. The Morgan fingerprint density at radius 3 is 2.45 bits per heavy atom. The molecule has 0 unspecified atom stereocenters. The first-order valence-electron chi connectivity index (χ1n) is 11.1. The summed E-state index contributed by atoms with van der Waals surface area (Å²) >= 11 is 0. The maximum atomic E-state index is 13.2. The van der Waals surface area contributed by atoms with Gasteiger partial charge in [0.25, 0.3) is 5.91 Å². The number of hydrogen-bond acceptors (Lipinski definition) is 5. The zero-order chi connectivity index (χ0) is 23.4. The van der Waals surface area contributed by atoms with E-state index in [9.17, 15) is 4.79 Å². The van der Waals surface area contributed by atoms with E-state index in [4.69, 9.17) is 9.47 Å². The summed E-state index contributed by atoms with van der Waals surface area (Å²) in [5.41, 5.74) is 5.33. The molecule has 0 aliphatic carbocycles. The van der Waals surface area contributed by atoms with Crippen molar-refractivity contribution in [2.75, 3.05) is 51.2 Å². The Morgan fingerprint density at radius 2 is 1.76 bits per heavy atom. The van der Waals surface area contributed by atoms with Gasteiger partial charge in [0.15, 0.2) is 11.5 Å². The van der Waals surface area contributed by atoms with Crippen LogP contribution in [0.15, 0.2) is 66.7 Å². The van der Waals surface area contributed by atoms with Gasteiger partial charge in [0, 0.05) is 38.6 Å². The maximum absolute atomic E-state index is 13.2. The predicted molar refractivity (Wildman–Crippen MR) is 133 cm³/mol. The van der Waals surface area contributed by atoms with Crippen LogP contribution in [0.25, 0.3) is 0 Å². The number of carbonyl (C=O) groups is 1. The van der Waals surface area contributed by atoms with Crippen molar-refractivity contribution in [2.24, 2.45) is 0 Å². The summed E-state index contributed by atoms with van der Waals surface area (Å²) in [6.07, 6.45) is 1.00. The Labute approximate surface area is 195 Å². The molecule has 1 heterocycles. The van der Waals surface area contributed by atoms with E-state index in [-0.39, 0.29) is 11.9 Å². The van der Waals surface area contributed by atoms with Gasteiger partial charge in [0.2, 0.25) is 0 Å². The molecule has 172 valence electrons. The summed E-state index contributed by atoms with van der Waals surface area (Å²) in [5, 5.41) is 3.14. The third kappa shape index (κ3) is 4.60. The Balaban J connectivity index is 1.62. The molecule has 1 aliphatic rings. The number of fused-ring (bicyclic) bond motifs is 1. The summed E-state index contributed by atoms with van der Waals surface area (Å²) in [5.74, 6) is 0.790. The zero-order valence-electron chi connectivity index (χ0n) is 19.7. The van der Waals surface area contributed by atoms with E-state index in [0.29, 0.717) is 23.6 Å². The van der Waals surface area contributed by atoms with Crippen LogP contribution in [0.3, 0.4) is 0 Å². The van der Waals surface area contributed by atoms with Crippen LogP contribution in [0, 0.1) is 0 Å². The number of anilines is 2. The minimum absolute atomic E-state index is 0.00501. The highest BCUT2D eigenvalue weighted by atomic mass is 16.5. The van der Waals surface area contributed by atoms with Gasteiger partial charge in [-0.2, -0.15) is 0 Å². The standard InChI is InChI=1S/C27H31N3O3/c1-29(2)21-14-12-20(13-15-21)24(30-17-16-19-8-5-6-10-23(19)30)18-28-27(31)22-9-7-11-25(32-3)26(22)33-4/h5-15,24H,16-18H2,1-4H3,(H,28,31)/t24-/m0/s1. The lowest BCUT2D eigenvalue weighted by molar-refractivity contribution is 0.0947. The summed E-state index contributed by atoms with van der Waals surface area (Å²) in [6, 6.07) is 22.4. The number of nitrogens with one attached hydrogen (secondary N) is 1. The van der Waals surface area contributed by atoms with Crippen LogP contribution in [0.4, 0.5) is 11.4 Å². The second-order valence-corrected chi connectivity index (χ2v) is 8.32. The molecule has 0 aromatic heterocycles. The van der Waals surface area contributed by atoms with Crippen LogP contribution in [0.2, 0.25) is 0 Å². The van der Waals surface area contributed by atoms with Crippen LogP contribution < -0.4 is 24.6 Å². The van der Waals surface area contributed by atoms with Crippen molar-refractivity contribution in [2.45, 2.75) is 12.5 Å². The molecule has 1 atom stereocenters. The van der Waals surface area contributed by atoms with E-state index in [1.165, 1.54) is 11.3 Å². The minimum atomic E-state index is -0.187. The Bertz CT molecular complexity index is 1110. The van der Waals surface area contributed by atoms with Gasteiger partial charge >= 0.3 is 0 Å². The predicted octanol–water partition coefficient (Wildman–Crippen LogP) is 4.30. The third-order valence-corrected chi connectivity index (χ3v) is 6.20. The number of rotatable bonds is 8. The summed E-state index contributed by atoms with van der Waals surface area (Å²) in [6.45, 7) is 1.38. The maximum Gasteiger partial charge on any atom is 0.255 e. The summed E-state index contributed by atoms with van der Waals surface area (Å²) in [4.78, 5) is 17.6. The molecule has 4 rings (SSSR count). The number of hydrogen-bond donors (Lipinski definition) is 1. The number of amides is 1. The molecule has 6 nitrogen and oxygen atoms in total. The third-order valence-electron chi connectivity index (χ3n) is 6.20. The topological polar surface area (TPSA) is 54.0 Å². The molecule has 0 fully saturated rings. The van der Waals surface area contributed by atoms with Crippen molar-refractivity contribution < 1.29 is 14.3 Å². The Kier molecular flexibility index (Phi) is 6.73. The quantitative estimate of drug-likeness (QED) is 0.560. The number of ether oxygens (including phenoxy) is 2. The molecule has 0 saturated carbocycles. The van der Waals surface area contributed by atoms with E-state index in [1.54, 1.807) is 32.4 Å². The first kappa shape index (κ1) is 22.5. The van der Waals surface area contributed by atoms with E-state index >= 15 is 0 Å². The summed E-state index contributed by atoms with van der Waals surface area (Å²) < 4.78 is 10.8. The first-order valence-corrected chi connectivity index (χ1v) is 11.1. The smallest absolute Gasteiger partial charge is 0.255 e. The van der Waals surface area contributed by atoms with Gasteiger partial charge in [0.05, 0.1) is 25.8 Å². The monoisotopic (exact) mass is 445 g/mol. The fraction of sp³-hybridized carbons (Fsp3) is 0.296. The van der Waals surface area contributed by atoms with Crippen LogP contribution in [-0.2, 0) is 6.42 Å². The molecule has 1 amide bonds. The molecule has 6 heteroatoms. The molecular weight excluding hydrogens is 414 g/mol. The Hall–Kier alpha value is -3.67. The fourth-order valence-corrected chi connectivity index (χ4v) is 4.44. The molecule has 33 heavy (non-hydrogen) atoms. The number of carbonyl (C=O) groups excluding carboxylic acids is 1. The molecular formula is C27H31N3O3. The average molecular weight is 446 g/mol. The molecule has 1 N–H and O–H groups in total. The minimum Gasteiger partial charge on any atom is -0.493 e. The first-order chi connectivity index (χ1) is 16.0. The van der Waals surface area contributed by atoms with Crippen molar-refractivity contribution in [3.8, 4) is 11.5 Å². The highest BCUT2D eigenvalue weighted by Gasteiger charge is 2.28. The van der Waals surface area contributed by atoms with Crippen LogP contribution in [0.5, 0.6) is 11.5 Å². The zero-order valence-corrected chi connectivity index (χ0v) is 19.7. The van der Waals surface area contributed by atoms with Crippen molar-refractivity contribution in [3.63, 3.8) is 0 Å². The second-order valence-electron chi connectivity index (χ2n) is 8.32. The SMILES string of the molecule is COc1cccc(C(=O)NC[C@@H](c2ccc(N(C)C)cc2)N2CCc3ccccc32)c1OC. The van der Waals surface area contributed by atoms with Gasteiger partial charge < -0.3 is 24.6 Å². The number of nitrogens with zero attached hydrogens (tertiary/aromatic N) is 2. The molecule has 0 spiro atoms. The lowest BCUT2D eigenvalue weighted by Crippen LogP contribution is -2.37. The number of methoxy groups -OCH3 is 2. The van der Waals surface area contributed by atoms with Crippen molar-refractivity contribution in [1.82, 2.24) is 5.32 Å². The van der Waals surface area contributed by atoms with Crippen LogP contribution in [-0.4, -0.2) is 47.3 Å². The van der Waals surface area contributed by atoms with Crippen molar-refractivity contribution in [3.05, 3.63) is 83.4 Å². The van der Waals surface area contributed by atoms with Gasteiger partial charge in [-0.15, -0.1) is 0 Å². The van der Waals surface area contributed by atoms with Crippen LogP contribution in [0.1, 0.15) is 27.5 Å². The average Bonchev–Trinajstić information content (AvgIpc) is 3.27. The lowest BCUT2D eigenvalue weighted by Gasteiger charge is -2.31. The highest BCUT2D eigenvalue weighted by molar-refractivity contribution is 5.97. The molecule has 0 radical (unpaired) electrons. The van der Waals surface area contributed by atoms with Gasteiger partial charge in [-0.3, -0.25) is 4.79 Å². The van der Waals surface area contributed by atoms with Crippen LogP contribution >= 0.6 is 0 Å². The van der Waals surface area contributed by atoms with Gasteiger partial charge in [-0.25, -0.2) is 0 Å². The van der Waals surface area contributed by atoms with Crippen molar-refractivity contribution in [1.29, 1.82) is 0 Å². The second kappa shape index (κ2) is 9.86. The number of benzene rings is 3. The molecule has 1 aliphatic heterocycles. The molecule has 3 aromatic carbocycles. The molecule has 0 bridgehead atoms. The Morgan fingerprint density at radius 1 is 1.00 bits per heavy atom. The van der Waals surface area contributed by atoms with Gasteiger partial charge in [-0.1, -0.05) is 36.4 Å². The van der Waals surface area contributed by atoms with Gasteiger partial charge in [-0.05, 0) is 47.9 Å². The van der Waals surface area contributed by atoms with Gasteiger partial charge in [0.1, 0.15) is 0 Å². The fourth-order valence-electron chi connectivity index (χ4n) is 4.44. The van der Waals surface area contributed by atoms with E-state index in [0.717, 1.165) is 24.2 Å². The largest absolute Gasteiger partial charge is 0.493 e. The van der Waals surface area contributed by atoms with E-state index in [2.05, 4.69) is 63.6 Å². The van der Waals surface area contributed by atoms with E-state index in [1.807, 2.05) is 14.1 Å². The molecule has 3 aromatic rings. The van der Waals surface area contributed by atoms with Crippen molar-refractivity contribution >= 4 is 17.3 Å². The highest BCUT2D eigenvalue weighted by Crippen LogP contribution is 2.36. The normalized spacial score (nSPS) is 13.3. The van der Waals surface area contributed by atoms with E-state index < -0.39 is 0 Å². The summed E-state index contributed by atoms with van der Waals surface area (Å²) in [7, 11) is 7.18. The number of para-hydroxylation sites is 2. The molecule has 0 saturated heterocycles.